The molecule has 0 fully saturated rings. The van der Waals surface area contributed by atoms with Gasteiger partial charge in [-0.25, -0.2) is 4.68 Å². The van der Waals surface area contributed by atoms with E-state index in [1.165, 1.54) is 16.4 Å². The van der Waals surface area contributed by atoms with Crippen LogP contribution in [0.5, 0.6) is 5.75 Å². The number of aromatic amines is 1. The number of rotatable bonds is 7. The van der Waals surface area contributed by atoms with Crippen molar-refractivity contribution in [1.29, 1.82) is 0 Å². The van der Waals surface area contributed by atoms with E-state index in [0.717, 1.165) is 11.3 Å². The van der Waals surface area contributed by atoms with Crippen molar-refractivity contribution in [1.82, 2.24) is 29.5 Å². The summed E-state index contributed by atoms with van der Waals surface area (Å²) in [7, 11) is 0. The highest BCUT2D eigenvalue weighted by atomic mass is 16.5. The molecule has 0 spiro atoms. The fourth-order valence-corrected chi connectivity index (χ4v) is 3.91. The van der Waals surface area contributed by atoms with E-state index in [4.69, 9.17) is 4.74 Å². The first-order valence-corrected chi connectivity index (χ1v) is 11.9. The second kappa shape index (κ2) is 9.73. The zero-order valence-electron chi connectivity index (χ0n) is 21.0. The molecule has 0 atom stereocenters. The van der Waals surface area contributed by atoms with Crippen LogP contribution in [-0.2, 0) is 4.79 Å². The summed E-state index contributed by atoms with van der Waals surface area (Å²) in [6.45, 7) is 7.82. The topological polar surface area (TPSA) is 120 Å². The van der Waals surface area contributed by atoms with E-state index < -0.39 is 0 Å². The number of nitrogens with zero attached hydrogens (tertiary/aromatic N) is 5. The van der Waals surface area contributed by atoms with Crippen LogP contribution in [0.1, 0.15) is 36.6 Å². The number of hydrogen-bond donors (Lipinski definition) is 2. The van der Waals surface area contributed by atoms with Crippen LogP contribution in [0.4, 0.5) is 5.82 Å². The maximum Gasteiger partial charge on any atom is 0.263 e. The molecule has 2 aromatic carbocycles. The molecular weight excluding hydrogens is 470 g/mol. The second-order valence-electron chi connectivity index (χ2n) is 9.16. The summed E-state index contributed by atoms with van der Waals surface area (Å²) in [6, 6.07) is 17.1. The molecule has 0 radical (unpaired) electrons. The van der Waals surface area contributed by atoms with E-state index >= 15 is 0 Å². The summed E-state index contributed by atoms with van der Waals surface area (Å²) in [5, 5.41) is 11.9. The molecule has 0 saturated carbocycles. The van der Waals surface area contributed by atoms with Gasteiger partial charge in [-0.15, -0.1) is 0 Å². The molecule has 0 bridgehead atoms. The molecule has 3 aromatic heterocycles. The number of carbonyl (C=O) groups is 1. The normalized spacial score (nSPS) is 11.3. The van der Waals surface area contributed by atoms with Crippen molar-refractivity contribution in [2.75, 3.05) is 11.9 Å². The number of ether oxygens (including phenoxy) is 1. The van der Waals surface area contributed by atoms with Crippen molar-refractivity contribution in [3.8, 4) is 17.4 Å². The van der Waals surface area contributed by atoms with Crippen LogP contribution in [0.25, 0.3) is 22.7 Å². The Morgan fingerprint density at radius 2 is 1.78 bits per heavy atom. The van der Waals surface area contributed by atoms with Crippen LogP contribution in [0.3, 0.4) is 0 Å². The largest absolute Gasteiger partial charge is 0.484 e. The Morgan fingerprint density at radius 1 is 1.05 bits per heavy atom. The molecule has 188 valence electrons. The summed E-state index contributed by atoms with van der Waals surface area (Å²) in [5.41, 5.74) is 3.72. The highest BCUT2D eigenvalue weighted by Gasteiger charge is 2.17. The number of anilines is 1. The molecule has 0 aliphatic heterocycles. The van der Waals surface area contributed by atoms with E-state index in [2.05, 4.69) is 39.3 Å². The molecule has 0 aliphatic carbocycles. The van der Waals surface area contributed by atoms with E-state index in [0.29, 0.717) is 34.2 Å². The lowest BCUT2D eigenvalue weighted by Crippen LogP contribution is -2.23. The predicted molar refractivity (Wildman–Crippen MR) is 141 cm³/mol. The van der Waals surface area contributed by atoms with Gasteiger partial charge >= 0.3 is 0 Å². The number of nitrogens with one attached hydrogen (secondary N) is 2. The molecule has 0 unspecified atom stereocenters. The van der Waals surface area contributed by atoms with Crippen molar-refractivity contribution in [3.63, 3.8) is 0 Å². The van der Waals surface area contributed by atoms with Gasteiger partial charge in [-0.2, -0.15) is 19.9 Å². The number of hydrogen-bond acceptors (Lipinski definition) is 6. The van der Waals surface area contributed by atoms with Gasteiger partial charge < -0.3 is 10.1 Å². The third-order valence-electron chi connectivity index (χ3n) is 5.92. The summed E-state index contributed by atoms with van der Waals surface area (Å²) in [6.07, 6.45) is 1.48. The Kier molecular flexibility index (Phi) is 6.31. The lowest BCUT2D eigenvalue weighted by Gasteiger charge is -2.11. The average Bonchev–Trinajstić information content (AvgIpc) is 3.47. The van der Waals surface area contributed by atoms with Crippen molar-refractivity contribution in [2.45, 2.75) is 33.6 Å². The van der Waals surface area contributed by atoms with Gasteiger partial charge in [-0.3, -0.25) is 14.6 Å². The van der Waals surface area contributed by atoms with Gasteiger partial charge in [0.1, 0.15) is 17.0 Å². The first-order valence-electron chi connectivity index (χ1n) is 11.9. The molecule has 1 amide bonds. The summed E-state index contributed by atoms with van der Waals surface area (Å²) >= 11 is 0. The minimum atomic E-state index is -0.373. The summed E-state index contributed by atoms with van der Waals surface area (Å²) in [5.74, 6) is 1.15. The molecule has 10 nitrogen and oxygen atoms in total. The summed E-state index contributed by atoms with van der Waals surface area (Å²) in [4.78, 5) is 32.9. The van der Waals surface area contributed by atoms with Gasteiger partial charge in [0.25, 0.3) is 11.5 Å². The van der Waals surface area contributed by atoms with Crippen LogP contribution in [0.15, 0.2) is 65.6 Å². The first kappa shape index (κ1) is 24.0. The number of H-pyrrole nitrogens is 1. The molecule has 2 N–H and O–H groups in total. The Balaban J connectivity index is 1.40. The van der Waals surface area contributed by atoms with Crippen LogP contribution < -0.4 is 15.6 Å². The number of amides is 1. The third-order valence-corrected chi connectivity index (χ3v) is 5.92. The maximum atomic E-state index is 12.8. The Bertz CT molecular complexity index is 1630. The van der Waals surface area contributed by atoms with Crippen LogP contribution >= 0.6 is 0 Å². The van der Waals surface area contributed by atoms with E-state index in [-0.39, 0.29) is 24.0 Å². The Labute approximate surface area is 212 Å². The Hall–Kier alpha value is -4.73. The molecule has 0 aliphatic rings. The van der Waals surface area contributed by atoms with E-state index in [1.807, 2.05) is 55.5 Å². The lowest BCUT2D eigenvalue weighted by atomic mass is 10.0. The summed E-state index contributed by atoms with van der Waals surface area (Å²) < 4.78 is 8.62. The van der Waals surface area contributed by atoms with Crippen molar-refractivity contribution in [3.05, 3.63) is 88.0 Å². The van der Waals surface area contributed by atoms with Gasteiger partial charge in [0, 0.05) is 6.07 Å². The van der Waals surface area contributed by atoms with Gasteiger partial charge in [-0.05, 0) is 49.6 Å². The predicted octanol–water partition coefficient (Wildman–Crippen LogP) is 4.05. The number of aryl methyl sites for hydroxylation is 2. The molecule has 3 heterocycles. The molecule has 37 heavy (non-hydrogen) atoms. The number of fused-ring (bicyclic) bond motifs is 1. The second-order valence-corrected chi connectivity index (χ2v) is 9.16. The third kappa shape index (κ3) is 4.99. The first-order chi connectivity index (χ1) is 17.8. The molecular formula is C27H27N7O3. The van der Waals surface area contributed by atoms with Crippen LogP contribution in [0, 0.1) is 13.8 Å². The molecule has 5 aromatic rings. The highest BCUT2D eigenvalue weighted by Crippen LogP contribution is 2.20. The lowest BCUT2D eigenvalue weighted by molar-refractivity contribution is -0.118. The fraction of sp³-hybridized carbons (Fsp3) is 0.222. The molecule has 10 heteroatoms. The maximum absolute atomic E-state index is 12.8. The average molecular weight is 498 g/mol. The van der Waals surface area contributed by atoms with E-state index in [9.17, 15) is 9.59 Å². The van der Waals surface area contributed by atoms with Gasteiger partial charge in [0.15, 0.2) is 12.3 Å². The fourth-order valence-electron chi connectivity index (χ4n) is 3.91. The number of aromatic nitrogens is 6. The molecule has 0 saturated heterocycles. The van der Waals surface area contributed by atoms with Crippen molar-refractivity contribution >= 4 is 22.8 Å². The van der Waals surface area contributed by atoms with Gasteiger partial charge in [0.2, 0.25) is 5.95 Å². The molecule has 5 rings (SSSR count). The number of benzene rings is 2. The van der Waals surface area contributed by atoms with Crippen LogP contribution in [-0.4, -0.2) is 42.0 Å². The monoisotopic (exact) mass is 497 g/mol. The minimum Gasteiger partial charge on any atom is -0.484 e. The van der Waals surface area contributed by atoms with Gasteiger partial charge in [0.05, 0.1) is 17.6 Å². The quantitative estimate of drug-likeness (QED) is 0.350. The SMILES string of the molecule is Cc1ccc(-n2ncc3c(=O)[nH]c(-n4nc(C)cc4NC(=O)COc4ccc(C(C)C)cc4)nc32)cc1. The van der Waals surface area contributed by atoms with E-state index in [1.54, 1.807) is 17.7 Å². The highest BCUT2D eigenvalue weighted by molar-refractivity contribution is 5.91. The standard InChI is InChI=1S/C27H27N7O3/c1-16(2)19-7-11-21(12-8-19)37-15-24(35)29-23-13-18(4)32-34(23)27-30-25-22(26(36)31-27)14-28-33(25)20-9-5-17(3)6-10-20/h5-14,16H,15H2,1-4H3,(H,29,35)(H,30,31,36). The number of carbonyl (C=O) groups excluding carboxylic acids is 1. The van der Waals surface area contributed by atoms with Gasteiger partial charge in [-0.1, -0.05) is 43.7 Å². The van der Waals surface area contributed by atoms with Crippen molar-refractivity contribution in [2.24, 2.45) is 0 Å². The minimum absolute atomic E-state index is 0.153. The van der Waals surface area contributed by atoms with Crippen LogP contribution in [0.2, 0.25) is 0 Å². The Morgan fingerprint density at radius 3 is 2.49 bits per heavy atom. The van der Waals surface area contributed by atoms with Crippen molar-refractivity contribution < 1.29 is 9.53 Å². The smallest absolute Gasteiger partial charge is 0.263 e. The zero-order valence-corrected chi connectivity index (χ0v) is 21.0. The zero-order chi connectivity index (χ0) is 26.1.